The van der Waals surface area contributed by atoms with Crippen LogP contribution in [0.3, 0.4) is 0 Å². The second-order valence-electron chi connectivity index (χ2n) is 9.79. The molecule has 0 atom stereocenters. The molecule has 0 saturated carbocycles. The summed E-state index contributed by atoms with van der Waals surface area (Å²) in [5, 5.41) is 4.70. The first-order valence-corrected chi connectivity index (χ1v) is 12.9. The van der Waals surface area contributed by atoms with Gasteiger partial charge >= 0.3 is 0 Å². The summed E-state index contributed by atoms with van der Waals surface area (Å²) in [6, 6.07) is 49.5. The fraction of sp³-hybridized carbons (Fsp3) is 0. The van der Waals surface area contributed by atoms with E-state index in [1.165, 1.54) is 38.5 Å². The number of para-hydroxylation sites is 2. The summed E-state index contributed by atoms with van der Waals surface area (Å²) in [5.41, 5.74) is 10.1. The highest BCUT2D eigenvalue weighted by Gasteiger charge is 2.19. The maximum Gasteiger partial charge on any atom is 0.160 e. The largest absolute Gasteiger partial charge is 0.454 e. The van der Waals surface area contributed by atoms with Crippen molar-refractivity contribution in [2.45, 2.75) is 0 Å². The van der Waals surface area contributed by atoms with Crippen molar-refractivity contribution in [2.24, 2.45) is 0 Å². The van der Waals surface area contributed by atoms with Crippen molar-refractivity contribution in [1.82, 2.24) is 4.57 Å². The van der Waals surface area contributed by atoms with Gasteiger partial charge in [0.05, 0.1) is 11.0 Å². The Kier molecular flexibility index (Phi) is 4.55. The van der Waals surface area contributed by atoms with Crippen molar-refractivity contribution in [3.05, 3.63) is 140 Å². The number of hydrogen-bond donors (Lipinski definition) is 0. The number of nitrogens with zero attached hydrogens (tertiary/aromatic N) is 1. The fourth-order valence-electron chi connectivity index (χ4n) is 5.81. The van der Waals surface area contributed by atoms with E-state index in [1.54, 1.807) is 0 Å². The van der Waals surface area contributed by atoms with E-state index in [0.717, 1.165) is 33.1 Å². The molecule has 8 aromatic rings. The van der Waals surface area contributed by atoms with Crippen LogP contribution in [0.5, 0.6) is 0 Å². The summed E-state index contributed by atoms with van der Waals surface area (Å²) in [6.07, 6.45) is 0. The van der Waals surface area contributed by atoms with E-state index < -0.39 is 0 Å². The predicted octanol–water partition coefficient (Wildman–Crippen LogP) is 10.0. The molecular weight excluding hydrogens is 462 g/mol. The van der Waals surface area contributed by atoms with Gasteiger partial charge in [0.1, 0.15) is 5.58 Å². The van der Waals surface area contributed by atoms with Gasteiger partial charge in [0.15, 0.2) is 5.58 Å². The molecule has 0 saturated heterocycles. The van der Waals surface area contributed by atoms with Crippen LogP contribution in [0.4, 0.5) is 0 Å². The van der Waals surface area contributed by atoms with E-state index in [9.17, 15) is 0 Å². The molecule has 0 aliphatic heterocycles. The predicted molar refractivity (Wildman–Crippen MR) is 159 cm³/mol. The summed E-state index contributed by atoms with van der Waals surface area (Å²) in [4.78, 5) is 0. The number of rotatable bonds is 3. The Morgan fingerprint density at radius 1 is 0.421 bits per heavy atom. The molecule has 38 heavy (non-hydrogen) atoms. The summed E-state index contributed by atoms with van der Waals surface area (Å²) in [7, 11) is 0. The van der Waals surface area contributed by atoms with E-state index in [1.807, 2.05) is 6.07 Å². The molecule has 0 bridgehead atoms. The van der Waals surface area contributed by atoms with Crippen molar-refractivity contribution < 1.29 is 4.42 Å². The normalized spacial score (nSPS) is 11.7. The fourth-order valence-corrected chi connectivity index (χ4v) is 5.81. The molecule has 2 aromatic heterocycles. The van der Waals surface area contributed by atoms with E-state index in [-0.39, 0.29) is 0 Å². The average Bonchev–Trinajstić information content (AvgIpc) is 3.54. The number of benzene rings is 6. The zero-order chi connectivity index (χ0) is 25.1. The van der Waals surface area contributed by atoms with Crippen LogP contribution < -0.4 is 0 Å². The first-order chi connectivity index (χ1) is 18.8. The van der Waals surface area contributed by atoms with Crippen LogP contribution in [0.25, 0.3) is 71.7 Å². The lowest BCUT2D eigenvalue weighted by molar-refractivity contribution is 0.671. The molecule has 178 valence electrons. The zero-order valence-corrected chi connectivity index (χ0v) is 20.6. The van der Waals surface area contributed by atoms with Crippen molar-refractivity contribution >= 4 is 43.7 Å². The van der Waals surface area contributed by atoms with Crippen LogP contribution in [0.15, 0.2) is 144 Å². The Morgan fingerprint density at radius 2 is 1.08 bits per heavy atom. The van der Waals surface area contributed by atoms with Crippen molar-refractivity contribution in [3.8, 4) is 27.9 Å². The summed E-state index contributed by atoms with van der Waals surface area (Å²) < 4.78 is 8.86. The van der Waals surface area contributed by atoms with Crippen LogP contribution in [0, 0.1) is 0 Å². The zero-order valence-electron chi connectivity index (χ0n) is 20.6. The minimum Gasteiger partial charge on any atom is -0.454 e. The monoisotopic (exact) mass is 485 g/mol. The van der Waals surface area contributed by atoms with E-state index in [4.69, 9.17) is 4.42 Å². The van der Waals surface area contributed by atoms with Gasteiger partial charge in [-0.2, -0.15) is 0 Å². The third kappa shape index (κ3) is 3.14. The quantitative estimate of drug-likeness (QED) is 0.243. The average molecular weight is 486 g/mol. The molecule has 2 nitrogen and oxygen atoms in total. The van der Waals surface area contributed by atoms with Gasteiger partial charge in [-0.3, -0.25) is 0 Å². The van der Waals surface area contributed by atoms with Crippen LogP contribution in [0.1, 0.15) is 0 Å². The second-order valence-corrected chi connectivity index (χ2v) is 9.79. The van der Waals surface area contributed by atoms with Crippen molar-refractivity contribution in [3.63, 3.8) is 0 Å². The molecule has 2 heteroatoms. The number of fused-ring (bicyclic) bond motifs is 7. The minimum atomic E-state index is 0.915. The Morgan fingerprint density at radius 3 is 1.92 bits per heavy atom. The molecule has 0 aliphatic rings. The van der Waals surface area contributed by atoms with Gasteiger partial charge in [-0.1, -0.05) is 97.1 Å². The molecule has 0 amide bonds. The maximum absolute atomic E-state index is 6.52. The highest BCUT2D eigenvalue weighted by atomic mass is 16.3. The standard InChI is InChI=1S/C36H23NO/c1-3-10-24(11-4-1)25-12-9-13-26(22-25)27-18-21-33-32(23-27)30-19-20-31-29-16-7-8-17-34(29)38-36(31)35(30)37(33)28-14-5-2-6-15-28/h1-23H. The molecule has 0 spiro atoms. The van der Waals surface area contributed by atoms with E-state index in [2.05, 4.69) is 138 Å². The second kappa shape index (κ2) is 8.22. The molecule has 0 N–H and O–H groups in total. The van der Waals surface area contributed by atoms with Crippen LogP contribution >= 0.6 is 0 Å². The van der Waals surface area contributed by atoms with Gasteiger partial charge in [0.2, 0.25) is 0 Å². The Labute approximate surface area is 220 Å². The van der Waals surface area contributed by atoms with Crippen LogP contribution in [-0.4, -0.2) is 4.57 Å². The first kappa shape index (κ1) is 21.0. The third-order valence-corrected chi connectivity index (χ3v) is 7.59. The third-order valence-electron chi connectivity index (χ3n) is 7.59. The topological polar surface area (TPSA) is 18.1 Å². The summed E-state index contributed by atoms with van der Waals surface area (Å²) >= 11 is 0. The summed E-state index contributed by atoms with van der Waals surface area (Å²) in [5.74, 6) is 0. The first-order valence-electron chi connectivity index (χ1n) is 12.9. The molecule has 6 aromatic carbocycles. The van der Waals surface area contributed by atoms with Gasteiger partial charge in [-0.25, -0.2) is 0 Å². The van der Waals surface area contributed by atoms with Crippen LogP contribution in [0.2, 0.25) is 0 Å². The SMILES string of the molecule is c1ccc(-c2cccc(-c3ccc4c(c3)c3ccc5c6ccccc6oc5c3n4-c3ccccc3)c2)cc1. The molecular formula is C36H23NO. The Hall–Kier alpha value is -5.08. The lowest BCUT2D eigenvalue weighted by Gasteiger charge is -2.09. The molecule has 0 fully saturated rings. The molecule has 2 heterocycles. The van der Waals surface area contributed by atoms with E-state index >= 15 is 0 Å². The van der Waals surface area contributed by atoms with E-state index in [0.29, 0.717) is 0 Å². The van der Waals surface area contributed by atoms with Crippen LogP contribution in [-0.2, 0) is 0 Å². The number of furan rings is 1. The maximum atomic E-state index is 6.52. The highest BCUT2D eigenvalue weighted by molar-refractivity contribution is 6.21. The van der Waals surface area contributed by atoms with Crippen molar-refractivity contribution in [1.29, 1.82) is 0 Å². The molecule has 0 unspecified atom stereocenters. The van der Waals surface area contributed by atoms with Gasteiger partial charge in [-0.05, 0) is 64.7 Å². The smallest absolute Gasteiger partial charge is 0.160 e. The molecule has 8 rings (SSSR count). The highest BCUT2D eigenvalue weighted by Crippen LogP contribution is 2.41. The van der Waals surface area contributed by atoms with Crippen molar-refractivity contribution in [2.75, 3.05) is 0 Å². The Balaban J connectivity index is 1.43. The molecule has 0 aliphatic carbocycles. The van der Waals surface area contributed by atoms with Gasteiger partial charge in [-0.15, -0.1) is 0 Å². The summed E-state index contributed by atoms with van der Waals surface area (Å²) in [6.45, 7) is 0. The molecule has 0 radical (unpaired) electrons. The minimum absolute atomic E-state index is 0.915. The van der Waals surface area contributed by atoms with Gasteiger partial charge < -0.3 is 8.98 Å². The Bertz CT molecular complexity index is 2110. The lowest BCUT2D eigenvalue weighted by atomic mass is 9.98. The number of aromatic nitrogens is 1. The van der Waals surface area contributed by atoms with Gasteiger partial charge in [0, 0.05) is 27.2 Å². The number of hydrogen-bond acceptors (Lipinski definition) is 1. The lowest BCUT2D eigenvalue weighted by Crippen LogP contribution is -1.93. The van der Waals surface area contributed by atoms with Gasteiger partial charge in [0.25, 0.3) is 0 Å².